The molecule has 4 rings (SSSR count). The molecule has 0 aliphatic carbocycles. The Kier molecular flexibility index (Phi) is 6.24. The van der Waals surface area contributed by atoms with Gasteiger partial charge in [-0.15, -0.1) is 0 Å². The van der Waals surface area contributed by atoms with Crippen LogP contribution in [0.1, 0.15) is 30.0 Å². The SMILES string of the molecule is CCC1(c2ccccc2)NC(=O)N(NC(=O)CSc2nccn2-c2cc(C)cc(C)c2)C1=O. The summed E-state index contributed by atoms with van der Waals surface area (Å²) in [5, 5.41) is 4.16. The van der Waals surface area contributed by atoms with E-state index in [1.807, 2.05) is 61.9 Å². The zero-order chi connectivity index (χ0) is 23.6. The summed E-state index contributed by atoms with van der Waals surface area (Å²) in [6, 6.07) is 14.5. The number of aromatic nitrogens is 2. The molecule has 170 valence electrons. The zero-order valence-corrected chi connectivity index (χ0v) is 19.5. The van der Waals surface area contributed by atoms with Crippen molar-refractivity contribution < 1.29 is 14.4 Å². The number of hydrogen-bond acceptors (Lipinski definition) is 5. The molecule has 0 saturated carbocycles. The highest BCUT2D eigenvalue weighted by Crippen LogP contribution is 2.31. The summed E-state index contributed by atoms with van der Waals surface area (Å²) >= 11 is 1.23. The van der Waals surface area contributed by atoms with Crippen LogP contribution in [0.15, 0.2) is 66.1 Å². The molecule has 3 aromatic rings. The van der Waals surface area contributed by atoms with Gasteiger partial charge in [-0.05, 0) is 49.1 Å². The maximum atomic E-state index is 13.1. The molecule has 1 saturated heterocycles. The third-order valence-electron chi connectivity index (χ3n) is 5.55. The molecule has 2 N–H and O–H groups in total. The molecule has 2 heterocycles. The summed E-state index contributed by atoms with van der Waals surface area (Å²) < 4.78 is 1.91. The maximum absolute atomic E-state index is 13.1. The van der Waals surface area contributed by atoms with Gasteiger partial charge in [-0.3, -0.25) is 19.6 Å². The van der Waals surface area contributed by atoms with Gasteiger partial charge in [-0.1, -0.05) is 55.1 Å². The zero-order valence-electron chi connectivity index (χ0n) is 18.7. The first-order valence-electron chi connectivity index (χ1n) is 10.6. The maximum Gasteiger partial charge on any atom is 0.344 e. The van der Waals surface area contributed by atoms with Crippen molar-refractivity contribution in [1.29, 1.82) is 0 Å². The number of hydrogen-bond donors (Lipinski definition) is 2. The standard InChI is InChI=1S/C24H25N5O3S/c1-4-24(18-8-6-5-7-9-18)21(31)29(22(32)26-24)27-20(30)15-33-23-25-10-11-28(23)19-13-16(2)12-17(3)14-19/h5-14H,4,15H2,1-3H3,(H,26,32)(H,27,30). The fourth-order valence-electron chi connectivity index (χ4n) is 4.01. The molecule has 9 heteroatoms. The quantitative estimate of drug-likeness (QED) is 0.413. The smallest absolute Gasteiger partial charge is 0.318 e. The van der Waals surface area contributed by atoms with Crippen molar-refractivity contribution >= 4 is 29.6 Å². The Morgan fingerprint density at radius 3 is 2.48 bits per heavy atom. The van der Waals surface area contributed by atoms with Crippen molar-refractivity contribution in [3.63, 3.8) is 0 Å². The molecule has 1 aromatic heterocycles. The summed E-state index contributed by atoms with van der Waals surface area (Å²) in [5.74, 6) is -0.988. The van der Waals surface area contributed by atoms with Crippen LogP contribution in [0, 0.1) is 13.8 Å². The van der Waals surface area contributed by atoms with Crippen LogP contribution in [0.2, 0.25) is 0 Å². The van der Waals surface area contributed by atoms with Gasteiger partial charge in [0.1, 0.15) is 5.54 Å². The van der Waals surface area contributed by atoms with Gasteiger partial charge in [0.15, 0.2) is 5.16 Å². The number of carbonyl (C=O) groups is 3. The highest BCUT2D eigenvalue weighted by molar-refractivity contribution is 7.99. The molecule has 1 atom stereocenters. The molecule has 0 bridgehead atoms. The first-order chi connectivity index (χ1) is 15.8. The third-order valence-corrected chi connectivity index (χ3v) is 6.52. The van der Waals surface area contributed by atoms with Crippen molar-refractivity contribution in [3.8, 4) is 5.69 Å². The van der Waals surface area contributed by atoms with Crippen LogP contribution < -0.4 is 10.7 Å². The second-order valence-corrected chi connectivity index (χ2v) is 8.89. The fraction of sp³-hybridized carbons (Fsp3) is 0.250. The van der Waals surface area contributed by atoms with Gasteiger partial charge < -0.3 is 5.32 Å². The average molecular weight is 464 g/mol. The number of nitrogens with zero attached hydrogens (tertiary/aromatic N) is 3. The predicted molar refractivity (Wildman–Crippen MR) is 126 cm³/mol. The van der Waals surface area contributed by atoms with Crippen LogP contribution in [0.25, 0.3) is 5.69 Å². The summed E-state index contributed by atoms with van der Waals surface area (Å²) in [6.07, 6.45) is 3.86. The molecule has 1 fully saturated rings. The number of hydrazine groups is 1. The lowest BCUT2D eigenvalue weighted by molar-refractivity contribution is -0.138. The molecule has 1 aliphatic rings. The summed E-state index contributed by atoms with van der Waals surface area (Å²) in [4.78, 5) is 42.7. The van der Waals surface area contributed by atoms with E-state index in [0.717, 1.165) is 21.8 Å². The lowest BCUT2D eigenvalue weighted by Crippen LogP contribution is -2.49. The van der Waals surface area contributed by atoms with Crippen molar-refractivity contribution in [1.82, 2.24) is 25.3 Å². The summed E-state index contributed by atoms with van der Waals surface area (Å²) in [5.41, 5.74) is 5.14. The largest absolute Gasteiger partial charge is 0.344 e. The minimum absolute atomic E-state index is 0.0106. The van der Waals surface area contributed by atoms with Gasteiger partial charge in [0.05, 0.1) is 5.75 Å². The Hall–Kier alpha value is -3.59. The number of amides is 4. The number of imide groups is 1. The number of nitrogens with one attached hydrogen (secondary N) is 2. The Morgan fingerprint density at radius 2 is 1.82 bits per heavy atom. The van der Waals surface area contributed by atoms with Crippen LogP contribution in [-0.4, -0.2) is 38.2 Å². The first kappa shape index (κ1) is 22.6. The predicted octanol–water partition coefficient (Wildman–Crippen LogP) is 3.47. The number of rotatable bonds is 7. The molecule has 0 spiro atoms. The second-order valence-electron chi connectivity index (χ2n) is 7.95. The van der Waals surface area contributed by atoms with Gasteiger partial charge in [-0.2, -0.15) is 5.01 Å². The average Bonchev–Trinajstić information content (AvgIpc) is 3.36. The van der Waals surface area contributed by atoms with Crippen LogP contribution in [-0.2, 0) is 15.1 Å². The number of aryl methyl sites for hydroxylation is 2. The van der Waals surface area contributed by atoms with Gasteiger partial charge in [-0.25, -0.2) is 9.78 Å². The number of imidazole rings is 1. The van der Waals surface area contributed by atoms with Gasteiger partial charge >= 0.3 is 6.03 Å². The van der Waals surface area contributed by atoms with Crippen molar-refractivity contribution in [2.45, 2.75) is 37.9 Å². The number of carbonyl (C=O) groups excluding carboxylic acids is 3. The van der Waals surface area contributed by atoms with Gasteiger partial charge in [0.2, 0.25) is 5.91 Å². The summed E-state index contributed by atoms with van der Waals surface area (Å²) in [6.45, 7) is 5.87. The highest BCUT2D eigenvalue weighted by Gasteiger charge is 2.52. The Morgan fingerprint density at radius 1 is 1.12 bits per heavy atom. The van der Waals surface area contributed by atoms with Gasteiger partial charge in [0, 0.05) is 18.1 Å². The second kappa shape index (κ2) is 9.11. The van der Waals surface area contributed by atoms with Crippen LogP contribution in [0.5, 0.6) is 0 Å². The van der Waals surface area contributed by atoms with E-state index in [0.29, 0.717) is 17.1 Å². The molecule has 33 heavy (non-hydrogen) atoms. The highest BCUT2D eigenvalue weighted by atomic mass is 32.2. The molecule has 1 aliphatic heterocycles. The van der Waals surface area contributed by atoms with E-state index in [9.17, 15) is 14.4 Å². The lowest BCUT2D eigenvalue weighted by Gasteiger charge is -2.25. The Balaban J connectivity index is 1.45. The molecule has 2 aromatic carbocycles. The number of urea groups is 1. The van der Waals surface area contributed by atoms with E-state index in [-0.39, 0.29) is 5.75 Å². The number of thioether (sulfide) groups is 1. The van der Waals surface area contributed by atoms with Crippen molar-refractivity contribution in [2.24, 2.45) is 0 Å². The lowest BCUT2D eigenvalue weighted by atomic mass is 9.87. The van der Waals surface area contributed by atoms with Crippen molar-refractivity contribution in [2.75, 3.05) is 5.75 Å². The monoisotopic (exact) mass is 463 g/mol. The Labute approximate surface area is 196 Å². The molecule has 0 radical (unpaired) electrons. The topological polar surface area (TPSA) is 96.3 Å². The molecule has 4 amide bonds. The molecule has 1 unspecified atom stereocenters. The number of benzene rings is 2. The van der Waals surface area contributed by atoms with Crippen molar-refractivity contribution in [3.05, 3.63) is 77.6 Å². The minimum atomic E-state index is -1.20. The Bertz CT molecular complexity index is 1190. The van der Waals surface area contributed by atoms with E-state index in [1.165, 1.54) is 11.8 Å². The van der Waals surface area contributed by atoms with Crippen LogP contribution >= 0.6 is 11.8 Å². The summed E-state index contributed by atoms with van der Waals surface area (Å²) in [7, 11) is 0. The van der Waals surface area contributed by atoms with E-state index < -0.39 is 23.4 Å². The van der Waals surface area contributed by atoms with E-state index in [2.05, 4.69) is 21.8 Å². The molecular weight excluding hydrogens is 438 g/mol. The first-order valence-corrected chi connectivity index (χ1v) is 11.6. The van der Waals surface area contributed by atoms with Crippen LogP contribution in [0.3, 0.4) is 0 Å². The van der Waals surface area contributed by atoms with Crippen LogP contribution in [0.4, 0.5) is 4.79 Å². The third kappa shape index (κ3) is 4.36. The molecule has 8 nitrogen and oxygen atoms in total. The van der Waals surface area contributed by atoms with E-state index in [1.54, 1.807) is 18.3 Å². The van der Waals surface area contributed by atoms with E-state index in [4.69, 9.17) is 0 Å². The van der Waals surface area contributed by atoms with E-state index >= 15 is 0 Å². The molecular formula is C24H25N5O3S. The fourth-order valence-corrected chi connectivity index (χ4v) is 4.77. The van der Waals surface area contributed by atoms with Gasteiger partial charge in [0.25, 0.3) is 5.91 Å². The minimum Gasteiger partial charge on any atom is -0.318 e. The normalized spacial score (nSPS) is 17.8.